The Hall–Kier alpha value is -4.22. The number of amides is 2. The number of carboxylic acid groups (broad SMARTS) is 1. The van der Waals surface area contributed by atoms with Crippen LogP contribution >= 0.6 is 0 Å². The Morgan fingerprint density at radius 1 is 1.07 bits per heavy atom. The van der Waals surface area contributed by atoms with Crippen LogP contribution in [-0.4, -0.2) is 67.4 Å². The third-order valence-corrected chi connectivity index (χ3v) is 8.95. The summed E-state index contributed by atoms with van der Waals surface area (Å²) in [6, 6.07) is 10.2. The summed E-state index contributed by atoms with van der Waals surface area (Å²) in [6.45, 7) is 10.8. The van der Waals surface area contributed by atoms with Crippen LogP contribution in [-0.2, 0) is 20.4 Å². The smallest absolute Gasteiger partial charge is 0.335 e. The topological polar surface area (TPSA) is 149 Å². The number of fused-ring (bicyclic) bond motifs is 1. The van der Waals surface area contributed by atoms with E-state index in [0.29, 0.717) is 45.9 Å². The second-order valence-electron chi connectivity index (χ2n) is 9.93. The molecule has 2 aromatic carbocycles. The van der Waals surface area contributed by atoms with E-state index in [1.165, 1.54) is 36.4 Å². The maximum atomic E-state index is 13.2. The molecular formula is C30H34N4O6S. The van der Waals surface area contributed by atoms with Gasteiger partial charge in [-0.05, 0) is 74.5 Å². The van der Waals surface area contributed by atoms with E-state index in [-0.39, 0.29) is 27.8 Å². The largest absolute Gasteiger partial charge is 0.478 e. The number of aromatic amines is 1. The minimum Gasteiger partial charge on any atom is -0.478 e. The zero-order chi connectivity index (χ0) is 29.9. The first-order chi connectivity index (χ1) is 19.4. The number of anilines is 1. The second kappa shape index (κ2) is 12.1. The molecule has 1 aromatic heterocycles. The normalized spacial score (nSPS) is 13.9. The van der Waals surface area contributed by atoms with Crippen LogP contribution in [0.2, 0.25) is 0 Å². The molecular weight excluding hydrogens is 544 g/mol. The van der Waals surface area contributed by atoms with Crippen LogP contribution in [0.15, 0.2) is 47.4 Å². The average Bonchev–Trinajstić information content (AvgIpc) is 3.39. The van der Waals surface area contributed by atoms with Gasteiger partial charge in [0.05, 0.1) is 27.3 Å². The van der Waals surface area contributed by atoms with E-state index in [0.717, 1.165) is 19.6 Å². The number of aryl methyl sites for hydroxylation is 1. The number of hydrogen-bond donors (Lipinski definition) is 4. The molecule has 2 amide bonds. The van der Waals surface area contributed by atoms with E-state index < -0.39 is 21.6 Å². The van der Waals surface area contributed by atoms with Gasteiger partial charge in [-0.2, -0.15) is 0 Å². The molecule has 4 N–H and O–H groups in total. The van der Waals surface area contributed by atoms with E-state index in [2.05, 4.69) is 34.4 Å². The summed E-state index contributed by atoms with van der Waals surface area (Å²) in [4.78, 5) is 42.6. The second-order valence-corrected chi connectivity index (χ2v) is 11.9. The fraction of sp³-hybridized carbons (Fsp3) is 0.300. The molecule has 11 heteroatoms. The molecule has 1 aliphatic rings. The molecule has 0 spiro atoms. The van der Waals surface area contributed by atoms with Gasteiger partial charge >= 0.3 is 5.97 Å². The number of nitrogens with zero attached hydrogens (tertiary/aromatic N) is 1. The van der Waals surface area contributed by atoms with Gasteiger partial charge in [0.1, 0.15) is 0 Å². The number of carbonyl (C=O) groups excluding carboxylic acids is 2. The molecule has 2 heterocycles. The average molecular weight is 579 g/mol. The fourth-order valence-electron chi connectivity index (χ4n) is 4.96. The molecule has 0 saturated carbocycles. The highest BCUT2D eigenvalue weighted by atomic mass is 32.2. The Morgan fingerprint density at radius 2 is 1.80 bits per heavy atom. The summed E-state index contributed by atoms with van der Waals surface area (Å²) in [7, 11) is -3.86. The molecule has 0 aliphatic carbocycles. The third-order valence-electron chi connectivity index (χ3n) is 7.26. The number of sulfone groups is 1. The lowest BCUT2D eigenvalue weighted by atomic mass is 10.0. The van der Waals surface area contributed by atoms with Crippen molar-refractivity contribution in [1.82, 2.24) is 15.2 Å². The predicted molar refractivity (Wildman–Crippen MR) is 158 cm³/mol. The van der Waals surface area contributed by atoms with Crippen molar-refractivity contribution in [2.24, 2.45) is 0 Å². The molecule has 4 rings (SSSR count). The molecule has 10 nitrogen and oxygen atoms in total. The SMILES string of the molecule is CCN(CC)CCNC(=O)c1c(C)[nH]c(C=C2C(=O)Nc3ccc(S(=O)(=O)Cc4cccc(C(=O)O)c4)cc32)c1C. The first-order valence-corrected chi connectivity index (χ1v) is 15.0. The molecule has 0 atom stereocenters. The zero-order valence-corrected chi connectivity index (χ0v) is 24.3. The number of nitrogens with one attached hydrogen (secondary N) is 3. The van der Waals surface area contributed by atoms with E-state index in [1.807, 2.05) is 0 Å². The van der Waals surface area contributed by atoms with Crippen molar-refractivity contribution < 1.29 is 27.9 Å². The van der Waals surface area contributed by atoms with Crippen molar-refractivity contribution in [2.45, 2.75) is 38.3 Å². The highest BCUT2D eigenvalue weighted by molar-refractivity contribution is 7.90. The Bertz CT molecular complexity index is 1650. The summed E-state index contributed by atoms with van der Waals surface area (Å²) in [5, 5.41) is 15.0. The van der Waals surface area contributed by atoms with Crippen molar-refractivity contribution in [1.29, 1.82) is 0 Å². The third kappa shape index (κ3) is 6.41. The van der Waals surface area contributed by atoms with Crippen molar-refractivity contribution in [2.75, 3.05) is 31.5 Å². The van der Waals surface area contributed by atoms with Crippen molar-refractivity contribution >= 4 is 45.0 Å². The van der Waals surface area contributed by atoms with Crippen LogP contribution in [0.25, 0.3) is 11.6 Å². The minimum absolute atomic E-state index is 0.000206. The van der Waals surface area contributed by atoms with Gasteiger partial charge in [0, 0.05) is 35.7 Å². The van der Waals surface area contributed by atoms with Gasteiger partial charge in [0.25, 0.3) is 11.8 Å². The van der Waals surface area contributed by atoms with Crippen LogP contribution < -0.4 is 10.6 Å². The molecule has 0 bridgehead atoms. The van der Waals surface area contributed by atoms with E-state index >= 15 is 0 Å². The first kappa shape index (κ1) is 29.8. The number of hydrogen-bond acceptors (Lipinski definition) is 6. The molecule has 1 aliphatic heterocycles. The van der Waals surface area contributed by atoms with E-state index in [1.54, 1.807) is 26.0 Å². The van der Waals surface area contributed by atoms with Gasteiger partial charge in [0.2, 0.25) is 0 Å². The standard InChI is InChI=1S/C30H34N4O6S/c1-5-34(6-2)13-12-31-29(36)27-18(3)26(32-19(27)4)16-24-23-15-22(10-11-25(23)33-28(24)35)41(39,40)17-20-8-7-9-21(14-20)30(37)38/h7-11,14-16,32H,5-6,12-13,17H2,1-4H3,(H,31,36)(H,33,35)(H,37,38). The Balaban J connectivity index is 1.61. The quantitative estimate of drug-likeness (QED) is 0.253. The van der Waals surface area contributed by atoms with Crippen molar-refractivity contribution in [3.63, 3.8) is 0 Å². The number of benzene rings is 2. The summed E-state index contributed by atoms with van der Waals surface area (Å²) in [5.41, 5.74) is 3.93. The van der Waals surface area contributed by atoms with Gasteiger partial charge in [0.15, 0.2) is 9.84 Å². The van der Waals surface area contributed by atoms with Gasteiger partial charge in [-0.15, -0.1) is 0 Å². The van der Waals surface area contributed by atoms with Crippen LogP contribution in [0.3, 0.4) is 0 Å². The molecule has 0 radical (unpaired) electrons. The summed E-state index contributed by atoms with van der Waals surface area (Å²) < 4.78 is 26.5. The highest BCUT2D eigenvalue weighted by Crippen LogP contribution is 2.36. The summed E-state index contributed by atoms with van der Waals surface area (Å²) in [5.74, 6) is -2.13. The Kier molecular flexibility index (Phi) is 8.79. The van der Waals surface area contributed by atoms with Crippen LogP contribution in [0.5, 0.6) is 0 Å². The number of carboxylic acids is 1. The lowest BCUT2D eigenvalue weighted by Crippen LogP contribution is -2.35. The molecule has 0 saturated heterocycles. The van der Waals surface area contributed by atoms with Crippen LogP contribution in [0, 0.1) is 13.8 Å². The van der Waals surface area contributed by atoms with Crippen LogP contribution in [0.1, 0.15) is 62.6 Å². The van der Waals surface area contributed by atoms with Gasteiger partial charge < -0.3 is 25.6 Å². The highest BCUT2D eigenvalue weighted by Gasteiger charge is 2.28. The summed E-state index contributed by atoms with van der Waals surface area (Å²) >= 11 is 0. The van der Waals surface area contributed by atoms with Gasteiger partial charge in [-0.1, -0.05) is 26.0 Å². The summed E-state index contributed by atoms with van der Waals surface area (Å²) in [6.07, 6.45) is 1.63. The molecule has 216 valence electrons. The monoisotopic (exact) mass is 578 g/mol. The molecule has 0 unspecified atom stereocenters. The number of aromatic nitrogens is 1. The van der Waals surface area contributed by atoms with E-state index in [4.69, 9.17) is 0 Å². The first-order valence-electron chi connectivity index (χ1n) is 13.4. The molecule has 41 heavy (non-hydrogen) atoms. The van der Waals surface area contributed by atoms with Crippen molar-refractivity contribution in [3.8, 4) is 0 Å². The number of H-pyrrole nitrogens is 1. The molecule has 3 aromatic rings. The number of likely N-dealkylation sites (N-methyl/N-ethyl adjacent to an activating group) is 1. The maximum absolute atomic E-state index is 13.2. The van der Waals surface area contributed by atoms with Gasteiger partial charge in [-0.25, -0.2) is 13.2 Å². The van der Waals surface area contributed by atoms with Gasteiger partial charge in [-0.3, -0.25) is 9.59 Å². The van der Waals surface area contributed by atoms with Crippen molar-refractivity contribution in [3.05, 3.63) is 81.7 Å². The predicted octanol–water partition coefficient (Wildman–Crippen LogP) is 3.87. The number of aromatic carboxylic acids is 1. The lowest BCUT2D eigenvalue weighted by molar-refractivity contribution is -0.110. The number of carbonyl (C=O) groups is 3. The van der Waals surface area contributed by atoms with Crippen LogP contribution in [0.4, 0.5) is 5.69 Å². The fourth-order valence-corrected chi connectivity index (χ4v) is 6.32. The maximum Gasteiger partial charge on any atom is 0.335 e. The Labute approximate surface area is 239 Å². The zero-order valence-electron chi connectivity index (χ0n) is 23.5. The number of rotatable bonds is 11. The van der Waals surface area contributed by atoms with E-state index in [9.17, 15) is 27.9 Å². The molecule has 0 fully saturated rings. The minimum atomic E-state index is -3.86. The lowest BCUT2D eigenvalue weighted by Gasteiger charge is -2.18. The Morgan fingerprint density at radius 3 is 2.49 bits per heavy atom.